The van der Waals surface area contributed by atoms with Crippen molar-refractivity contribution in [2.45, 2.75) is 84.5 Å². The van der Waals surface area contributed by atoms with Gasteiger partial charge >= 0.3 is 0 Å². The third kappa shape index (κ3) is 8.77. The summed E-state index contributed by atoms with van der Waals surface area (Å²) in [7, 11) is 0. The van der Waals surface area contributed by atoms with E-state index in [1.807, 2.05) is 0 Å². The topological polar surface area (TPSA) is 12.4 Å². The Kier molecular flexibility index (Phi) is 12.1. The third-order valence-electron chi connectivity index (χ3n) is 13.9. The molecule has 0 bridgehead atoms. The highest BCUT2D eigenvalue weighted by molar-refractivity contribution is 6.14. The lowest BCUT2D eigenvalue weighted by Crippen LogP contribution is -2.26. The molecule has 8 atom stereocenters. The first-order valence-corrected chi connectivity index (χ1v) is 21.7. The van der Waals surface area contributed by atoms with E-state index in [4.69, 9.17) is 4.99 Å². The highest BCUT2D eigenvalue weighted by Crippen LogP contribution is 2.43. The average Bonchev–Trinajstić information content (AvgIpc) is 3.24. The van der Waals surface area contributed by atoms with Crippen molar-refractivity contribution in [3.63, 3.8) is 0 Å². The summed E-state index contributed by atoms with van der Waals surface area (Å²) in [6, 6.07) is 0. The molecule has 8 aliphatic rings. The highest BCUT2D eigenvalue weighted by Gasteiger charge is 2.33. The van der Waals surface area contributed by atoms with Gasteiger partial charge in [-0.1, -0.05) is 152 Å². The Labute approximate surface area is 327 Å². The zero-order chi connectivity index (χ0) is 36.7. The molecule has 280 valence electrons. The van der Waals surface area contributed by atoms with E-state index in [0.717, 1.165) is 44.1 Å². The molecule has 1 nitrogen and oxygen atoms in total. The van der Waals surface area contributed by atoms with Crippen LogP contribution < -0.4 is 0 Å². The van der Waals surface area contributed by atoms with Crippen LogP contribution in [0.1, 0.15) is 84.5 Å². The molecule has 0 aromatic rings. The second kappa shape index (κ2) is 17.7. The highest BCUT2D eigenvalue weighted by atomic mass is 14.8. The van der Waals surface area contributed by atoms with E-state index in [9.17, 15) is 0 Å². The molecule has 8 aliphatic carbocycles. The quantitative estimate of drug-likeness (QED) is 0.158. The summed E-state index contributed by atoms with van der Waals surface area (Å²) >= 11 is 0. The fraction of sp³-hybridized carbons (Fsp3) is 0.453. The number of allylic oxidation sites excluding steroid dienone is 28. The van der Waals surface area contributed by atoms with Crippen LogP contribution in [-0.4, -0.2) is 12.3 Å². The van der Waals surface area contributed by atoms with E-state index in [2.05, 4.69) is 154 Å². The van der Waals surface area contributed by atoms with Gasteiger partial charge in [0.15, 0.2) is 0 Å². The van der Waals surface area contributed by atoms with Gasteiger partial charge in [-0.25, -0.2) is 0 Å². The summed E-state index contributed by atoms with van der Waals surface area (Å²) in [5.41, 5.74) is 8.39. The molecule has 0 spiro atoms. The first-order chi connectivity index (χ1) is 26.6. The van der Waals surface area contributed by atoms with Gasteiger partial charge in [0.2, 0.25) is 0 Å². The number of hydrogen-bond donors (Lipinski definition) is 0. The molecule has 0 radical (unpaired) electrons. The first-order valence-electron chi connectivity index (χ1n) is 21.7. The van der Waals surface area contributed by atoms with E-state index in [1.165, 1.54) is 72.9 Å². The van der Waals surface area contributed by atoms with Gasteiger partial charge in [-0.05, 0) is 135 Å². The molecule has 0 saturated heterocycles. The van der Waals surface area contributed by atoms with Gasteiger partial charge in [-0.15, -0.1) is 0 Å². The molecule has 0 N–H and O–H groups in total. The van der Waals surface area contributed by atoms with E-state index in [1.54, 1.807) is 5.57 Å². The molecule has 8 rings (SSSR count). The predicted molar refractivity (Wildman–Crippen MR) is 232 cm³/mol. The first kappa shape index (κ1) is 37.0. The molecule has 1 fully saturated rings. The van der Waals surface area contributed by atoms with E-state index < -0.39 is 0 Å². The molecule has 1 heteroatoms. The van der Waals surface area contributed by atoms with Gasteiger partial charge < -0.3 is 0 Å². The van der Waals surface area contributed by atoms with Crippen molar-refractivity contribution in [2.75, 3.05) is 6.54 Å². The lowest BCUT2D eigenvalue weighted by molar-refractivity contribution is 0.221. The van der Waals surface area contributed by atoms with Gasteiger partial charge in [-0.3, -0.25) is 4.99 Å². The maximum Gasteiger partial charge on any atom is 0.0669 e. The number of fused-ring (bicyclic) bond motifs is 1. The fourth-order valence-electron chi connectivity index (χ4n) is 10.6. The van der Waals surface area contributed by atoms with Crippen LogP contribution >= 0.6 is 0 Å². The van der Waals surface area contributed by atoms with Crippen LogP contribution in [0.5, 0.6) is 0 Å². The summed E-state index contributed by atoms with van der Waals surface area (Å²) in [5.74, 6) is 5.50. The zero-order valence-corrected chi connectivity index (χ0v) is 33.0. The number of nitrogens with zero attached hydrogens (tertiary/aromatic N) is 1. The van der Waals surface area contributed by atoms with Gasteiger partial charge in [0.1, 0.15) is 0 Å². The minimum atomic E-state index is 0.352. The zero-order valence-electron chi connectivity index (χ0n) is 33.0. The Morgan fingerprint density at radius 2 is 1.61 bits per heavy atom. The molecule has 0 heterocycles. The van der Waals surface area contributed by atoms with Crippen LogP contribution in [0.3, 0.4) is 0 Å². The Balaban J connectivity index is 0.986. The Hall–Kier alpha value is -3.97. The van der Waals surface area contributed by atoms with Crippen LogP contribution in [-0.2, 0) is 0 Å². The van der Waals surface area contributed by atoms with E-state index in [0.29, 0.717) is 47.3 Å². The normalized spacial score (nSPS) is 35.3. The number of aliphatic imine (C=N–C) groups is 1. The van der Waals surface area contributed by atoms with Crippen LogP contribution in [0.4, 0.5) is 0 Å². The van der Waals surface area contributed by atoms with Crippen LogP contribution in [0.25, 0.3) is 0 Å². The minimum absolute atomic E-state index is 0.352. The maximum atomic E-state index is 5.54. The average molecular weight is 714 g/mol. The summed E-state index contributed by atoms with van der Waals surface area (Å²) in [6.07, 6.45) is 69.2. The van der Waals surface area contributed by atoms with Crippen molar-refractivity contribution < 1.29 is 0 Å². The fourth-order valence-corrected chi connectivity index (χ4v) is 10.6. The van der Waals surface area contributed by atoms with Gasteiger partial charge in [0, 0.05) is 30.2 Å². The molecular formula is C53H63N. The molecule has 0 amide bonds. The van der Waals surface area contributed by atoms with E-state index >= 15 is 0 Å². The van der Waals surface area contributed by atoms with Crippen molar-refractivity contribution in [3.05, 3.63) is 168 Å². The Morgan fingerprint density at radius 3 is 2.41 bits per heavy atom. The van der Waals surface area contributed by atoms with Crippen LogP contribution in [0, 0.1) is 59.2 Å². The Bertz CT molecular complexity index is 1840. The van der Waals surface area contributed by atoms with Crippen molar-refractivity contribution in [3.8, 4) is 0 Å². The lowest BCUT2D eigenvalue weighted by atomic mass is 9.68. The smallest absolute Gasteiger partial charge is 0.0669 e. The van der Waals surface area contributed by atoms with Crippen molar-refractivity contribution in [1.82, 2.24) is 0 Å². The summed E-state index contributed by atoms with van der Waals surface area (Å²) in [6.45, 7) is 5.70. The van der Waals surface area contributed by atoms with Crippen molar-refractivity contribution in [1.29, 1.82) is 0 Å². The summed E-state index contributed by atoms with van der Waals surface area (Å²) < 4.78 is 0. The standard InChI is InChI=1S/C53H63N/c1-38(46-23-14-24-49(34-46)51-32-31-48(42-17-8-4-9-18-42)36-52(51)45-20-10-5-11-21-45)33-39(2)53(50-30-29-43-19-12-13-22-47(43)35-50)54-37-40-25-27-44(28-26-40)41-15-6-3-7-16-41/h4,6,8-10,12-15,17,19-24,29-33,35-36,38,40-44,47,49,51-52H,3,5,7,11,16,18,25-28,34,37H2,1-2H3/b39-33+,54-53+. The molecule has 54 heavy (non-hydrogen) atoms. The van der Waals surface area contributed by atoms with Crippen LogP contribution in [0.2, 0.25) is 0 Å². The predicted octanol–water partition coefficient (Wildman–Crippen LogP) is 13.7. The summed E-state index contributed by atoms with van der Waals surface area (Å²) in [4.78, 5) is 5.54. The van der Waals surface area contributed by atoms with E-state index in [-0.39, 0.29) is 0 Å². The number of rotatable bonds is 10. The molecule has 8 unspecified atom stereocenters. The molecule has 1 saturated carbocycles. The third-order valence-corrected chi connectivity index (χ3v) is 13.9. The van der Waals surface area contributed by atoms with Crippen LogP contribution in [0.15, 0.2) is 173 Å². The molecule has 0 aromatic carbocycles. The second-order valence-corrected chi connectivity index (χ2v) is 17.5. The minimum Gasteiger partial charge on any atom is -0.284 e. The summed E-state index contributed by atoms with van der Waals surface area (Å²) in [5, 5.41) is 0. The largest absolute Gasteiger partial charge is 0.284 e. The molecule has 0 aromatic heterocycles. The van der Waals surface area contributed by atoms with Gasteiger partial charge in [0.05, 0.1) is 5.71 Å². The monoisotopic (exact) mass is 713 g/mol. The maximum absolute atomic E-state index is 5.54. The Morgan fingerprint density at radius 1 is 0.741 bits per heavy atom. The number of hydrogen-bond acceptors (Lipinski definition) is 1. The molecule has 0 aliphatic heterocycles. The molecular weight excluding hydrogens is 651 g/mol. The van der Waals surface area contributed by atoms with Gasteiger partial charge in [0.25, 0.3) is 0 Å². The second-order valence-electron chi connectivity index (χ2n) is 17.5. The van der Waals surface area contributed by atoms with Crippen molar-refractivity contribution in [2.24, 2.45) is 64.2 Å². The lowest BCUT2D eigenvalue weighted by Gasteiger charge is -2.36. The SMILES string of the molecule is CC(=C\C(C)C1=CC=CC(C2C=CC(C3C=CC=CC3)=CC2C2=CCCC=C2)C1)/C(=N\CC1CCC(C2C=CCCC2)CC1)C1=CC2C=CC=CC2C=C1. The van der Waals surface area contributed by atoms with Crippen molar-refractivity contribution >= 4 is 5.71 Å². The van der Waals surface area contributed by atoms with Gasteiger partial charge in [-0.2, -0.15) is 0 Å².